The molecule has 5 heteroatoms. The van der Waals surface area contributed by atoms with Gasteiger partial charge in [-0.05, 0) is 109 Å². The predicted octanol–water partition coefficient (Wildman–Crippen LogP) is 9.88. The van der Waals surface area contributed by atoms with E-state index < -0.39 is 0 Å². The summed E-state index contributed by atoms with van der Waals surface area (Å²) >= 11 is 0. The molecule has 3 aromatic carbocycles. The SMILES string of the molecule is Cc1cc(C)c(C2=N[C@@H]3CCC[C@@H]3O2)cc1Oc1ccc2c3cc(C(C)(C)C)ccc3n(-c3cc(C(C)(C)C)ccn3)c2c1. The van der Waals surface area contributed by atoms with E-state index in [4.69, 9.17) is 19.5 Å². The first kappa shape index (κ1) is 28.6. The fourth-order valence-electron chi connectivity index (χ4n) is 6.73. The molecule has 1 saturated carbocycles. The molecule has 5 nitrogen and oxygen atoms in total. The van der Waals surface area contributed by atoms with Gasteiger partial charge >= 0.3 is 0 Å². The first-order chi connectivity index (χ1) is 20.9. The number of hydrogen-bond donors (Lipinski definition) is 0. The van der Waals surface area contributed by atoms with E-state index in [0.29, 0.717) is 6.04 Å². The van der Waals surface area contributed by atoms with Gasteiger partial charge in [-0.3, -0.25) is 4.57 Å². The molecule has 0 bridgehead atoms. The summed E-state index contributed by atoms with van der Waals surface area (Å²) in [6.07, 6.45) is 5.55. The van der Waals surface area contributed by atoms with Crippen molar-refractivity contribution in [1.82, 2.24) is 9.55 Å². The third kappa shape index (κ3) is 4.96. The van der Waals surface area contributed by atoms with Crippen LogP contribution < -0.4 is 4.74 Å². The summed E-state index contributed by atoms with van der Waals surface area (Å²) in [7, 11) is 0. The molecule has 1 fully saturated rings. The maximum atomic E-state index is 6.67. The molecule has 0 spiro atoms. The van der Waals surface area contributed by atoms with E-state index in [1.807, 2.05) is 6.20 Å². The van der Waals surface area contributed by atoms with Crippen molar-refractivity contribution in [3.05, 3.63) is 94.7 Å². The topological polar surface area (TPSA) is 48.6 Å². The van der Waals surface area contributed by atoms with Gasteiger partial charge in [-0.1, -0.05) is 53.7 Å². The van der Waals surface area contributed by atoms with Gasteiger partial charge in [-0.15, -0.1) is 0 Å². The minimum absolute atomic E-state index is 0.0107. The Kier molecular flexibility index (Phi) is 6.65. The van der Waals surface area contributed by atoms with Gasteiger partial charge in [0.2, 0.25) is 5.90 Å². The first-order valence-electron chi connectivity index (χ1n) is 16.0. The molecule has 0 radical (unpaired) electrons. The second-order valence-corrected chi connectivity index (χ2v) is 14.8. The van der Waals surface area contributed by atoms with Crippen LogP contribution >= 0.6 is 0 Å². The van der Waals surface area contributed by atoms with Crippen LogP contribution in [-0.4, -0.2) is 27.6 Å². The monoisotopic (exact) mass is 585 g/mol. The minimum Gasteiger partial charge on any atom is -0.472 e. The summed E-state index contributed by atoms with van der Waals surface area (Å²) in [5.41, 5.74) is 8.09. The van der Waals surface area contributed by atoms with Gasteiger partial charge in [-0.25, -0.2) is 9.98 Å². The quantitative estimate of drug-likeness (QED) is 0.211. The molecule has 2 aliphatic rings. The summed E-state index contributed by atoms with van der Waals surface area (Å²) in [5, 5.41) is 2.40. The number of nitrogens with zero attached hydrogens (tertiary/aromatic N) is 3. The zero-order valence-corrected chi connectivity index (χ0v) is 27.3. The van der Waals surface area contributed by atoms with Crippen LogP contribution in [0.3, 0.4) is 0 Å². The van der Waals surface area contributed by atoms with Crippen molar-refractivity contribution in [1.29, 1.82) is 0 Å². The van der Waals surface area contributed by atoms with Crippen molar-refractivity contribution in [2.24, 2.45) is 4.99 Å². The third-order valence-corrected chi connectivity index (χ3v) is 9.39. The molecule has 0 unspecified atom stereocenters. The Labute approximate surface area is 260 Å². The van der Waals surface area contributed by atoms with E-state index in [0.717, 1.165) is 63.8 Å². The van der Waals surface area contributed by atoms with Crippen LogP contribution in [0.1, 0.15) is 88.6 Å². The zero-order chi connectivity index (χ0) is 31.0. The van der Waals surface area contributed by atoms with E-state index in [1.54, 1.807) is 0 Å². The lowest BCUT2D eigenvalue weighted by molar-refractivity contribution is 0.211. The number of aliphatic imine (C=N–C) groups is 1. The van der Waals surface area contributed by atoms with Crippen molar-refractivity contribution in [2.45, 2.75) is 97.6 Å². The predicted molar refractivity (Wildman–Crippen MR) is 181 cm³/mol. The number of rotatable bonds is 4. The van der Waals surface area contributed by atoms with E-state index in [-0.39, 0.29) is 16.9 Å². The Morgan fingerprint density at radius 2 is 1.55 bits per heavy atom. The molecule has 7 rings (SSSR count). The van der Waals surface area contributed by atoms with Gasteiger partial charge in [0, 0.05) is 28.6 Å². The van der Waals surface area contributed by atoms with Gasteiger partial charge in [0.25, 0.3) is 0 Å². The smallest absolute Gasteiger partial charge is 0.217 e. The second kappa shape index (κ2) is 10.2. The number of ether oxygens (including phenoxy) is 2. The maximum Gasteiger partial charge on any atom is 0.217 e. The van der Waals surface area contributed by atoms with Crippen LogP contribution in [0, 0.1) is 13.8 Å². The van der Waals surface area contributed by atoms with E-state index in [1.165, 1.54) is 28.3 Å². The normalized spacial score (nSPS) is 18.5. The summed E-state index contributed by atoms with van der Waals surface area (Å²) in [4.78, 5) is 9.83. The maximum absolute atomic E-state index is 6.67. The highest BCUT2D eigenvalue weighted by Crippen LogP contribution is 2.39. The standard InChI is InChI=1S/C39H43N3O2/c1-23-18-24(2)35(22-29(23)37-41-31-10-9-11-34(31)44-37)43-27-13-14-28-30-19-25(38(3,4)5)12-15-32(30)42(33(28)21-27)36-20-26(16-17-40-36)39(6,7)8/h12-22,31,34H,9-11H2,1-8H3/t31-,34+/m1/s1. The van der Waals surface area contributed by atoms with E-state index >= 15 is 0 Å². The zero-order valence-electron chi connectivity index (χ0n) is 27.3. The Morgan fingerprint density at radius 1 is 0.773 bits per heavy atom. The molecule has 0 N–H and O–H groups in total. The molecule has 44 heavy (non-hydrogen) atoms. The molecule has 2 atom stereocenters. The number of fused-ring (bicyclic) bond motifs is 4. The molecule has 3 heterocycles. The molecular formula is C39H43N3O2. The lowest BCUT2D eigenvalue weighted by atomic mass is 9.86. The van der Waals surface area contributed by atoms with Gasteiger partial charge in [0.05, 0.1) is 17.1 Å². The average molecular weight is 586 g/mol. The average Bonchev–Trinajstić information content (AvgIpc) is 3.65. The van der Waals surface area contributed by atoms with Crippen molar-refractivity contribution >= 4 is 27.7 Å². The fourth-order valence-corrected chi connectivity index (χ4v) is 6.73. The Bertz CT molecular complexity index is 1950. The number of hydrogen-bond acceptors (Lipinski definition) is 4. The van der Waals surface area contributed by atoms with Crippen LogP contribution in [0.5, 0.6) is 11.5 Å². The lowest BCUT2D eigenvalue weighted by Crippen LogP contribution is -2.15. The highest BCUT2D eigenvalue weighted by molar-refractivity contribution is 6.09. The molecule has 2 aromatic heterocycles. The second-order valence-electron chi connectivity index (χ2n) is 14.8. The highest BCUT2D eigenvalue weighted by Gasteiger charge is 2.36. The molecule has 1 aliphatic heterocycles. The summed E-state index contributed by atoms with van der Waals surface area (Å²) in [6.45, 7) is 17.7. The molecule has 0 saturated heterocycles. The van der Waals surface area contributed by atoms with Gasteiger partial charge in [0.15, 0.2) is 0 Å². The largest absolute Gasteiger partial charge is 0.472 e. The van der Waals surface area contributed by atoms with Crippen LogP contribution in [0.25, 0.3) is 27.6 Å². The first-order valence-corrected chi connectivity index (χ1v) is 16.0. The highest BCUT2D eigenvalue weighted by atomic mass is 16.5. The van der Waals surface area contributed by atoms with E-state index in [2.05, 4.69) is 121 Å². The number of aryl methyl sites for hydroxylation is 2. The van der Waals surface area contributed by atoms with Crippen molar-refractivity contribution in [2.75, 3.05) is 0 Å². The van der Waals surface area contributed by atoms with Crippen LogP contribution in [0.2, 0.25) is 0 Å². The Morgan fingerprint density at radius 3 is 2.30 bits per heavy atom. The molecule has 226 valence electrons. The van der Waals surface area contributed by atoms with Crippen molar-refractivity contribution in [3.8, 4) is 17.3 Å². The van der Waals surface area contributed by atoms with Gasteiger partial charge in [-0.2, -0.15) is 0 Å². The molecule has 0 amide bonds. The van der Waals surface area contributed by atoms with Crippen LogP contribution in [0.4, 0.5) is 0 Å². The lowest BCUT2D eigenvalue weighted by Gasteiger charge is -2.20. The third-order valence-electron chi connectivity index (χ3n) is 9.39. The molecule has 1 aliphatic carbocycles. The van der Waals surface area contributed by atoms with Crippen molar-refractivity contribution < 1.29 is 9.47 Å². The number of benzene rings is 3. The van der Waals surface area contributed by atoms with Crippen molar-refractivity contribution in [3.63, 3.8) is 0 Å². The fraction of sp³-hybridized carbons (Fsp3) is 0.385. The Hall–Kier alpha value is -4.12. The number of pyridine rings is 1. The Balaban J connectivity index is 1.36. The summed E-state index contributed by atoms with van der Waals surface area (Å²) < 4.78 is 15.3. The number of aromatic nitrogens is 2. The van der Waals surface area contributed by atoms with Crippen LogP contribution in [0.15, 0.2) is 71.9 Å². The molecular weight excluding hydrogens is 542 g/mol. The van der Waals surface area contributed by atoms with Gasteiger partial charge in [0.1, 0.15) is 23.4 Å². The van der Waals surface area contributed by atoms with Gasteiger partial charge < -0.3 is 9.47 Å². The minimum atomic E-state index is 0.0107. The summed E-state index contributed by atoms with van der Waals surface area (Å²) in [6, 6.07) is 22.2. The van der Waals surface area contributed by atoms with Crippen LogP contribution in [-0.2, 0) is 15.6 Å². The molecule has 5 aromatic rings. The van der Waals surface area contributed by atoms with E-state index in [9.17, 15) is 0 Å². The summed E-state index contributed by atoms with van der Waals surface area (Å²) in [5.74, 6) is 3.28.